The molecule has 0 amide bonds. The molecule has 0 unspecified atom stereocenters. The number of hydrogen-bond donors (Lipinski definition) is 2. The van der Waals surface area contributed by atoms with Crippen molar-refractivity contribution in [1.82, 2.24) is 5.32 Å². The van der Waals surface area contributed by atoms with Gasteiger partial charge in [0.05, 0.1) is 39.5 Å². The molecule has 2 aromatic carbocycles. The average molecular weight is 550 g/mol. The van der Waals surface area contributed by atoms with Crippen LogP contribution in [0.15, 0.2) is 35.3 Å². The minimum atomic E-state index is 0. The molecular weight excluding hydrogens is 521 g/mol. The van der Waals surface area contributed by atoms with E-state index in [4.69, 9.17) is 30.5 Å². The summed E-state index contributed by atoms with van der Waals surface area (Å²) in [6.45, 7) is 5.53. The Morgan fingerprint density at radius 3 is 2.27 bits per heavy atom. The monoisotopic (exact) mass is 549 g/mol. The van der Waals surface area contributed by atoms with E-state index < -0.39 is 0 Å². The smallest absolute Gasteiger partial charge is 0.196 e. The Balaban J connectivity index is 0.00000450. The van der Waals surface area contributed by atoms with Crippen LogP contribution >= 0.6 is 35.6 Å². The molecule has 166 valence electrons. The third-order valence-electron chi connectivity index (χ3n) is 3.99. The number of hydrogen-bond acceptors (Lipinski definition) is 5. The van der Waals surface area contributed by atoms with Crippen LogP contribution < -0.4 is 29.6 Å². The second-order valence-corrected chi connectivity index (χ2v) is 6.34. The topological polar surface area (TPSA) is 73.3 Å². The molecular formula is C21H29ClIN3O4. The summed E-state index contributed by atoms with van der Waals surface area (Å²) < 4.78 is 21.6. The van der Waals surface area contributed by atoms with Gasteiger partial charge in [0.15, 0.2) is 29.0 Å². The van der Waals surface area contributed by atoms with E-state index >= 15 is 0 Å². The quantitative estimate of drug-likeness (QED) is 0.262. The van der Waals surface area contributed by atoms with Crippen molar-refractivity contribution >= 4 is 47.2 Å². The minimum Gasteiger partial charge on any atom is -0.493 e. The van der Waals surface area contributed by atoms with Crippen molar-refractivity contribution in [2.45, 2.75) is 20.4 Å². The summed E-state index contributed by atoms with van der Waals surface area (Å²) in [7, 11) is 4.79. The first-order chi connectivity index (χ1) is 14.1. The Hall–Kier alpha value is -2.07. The highest BCUT2D eigenvalue weighted by Crippen LogP contribution is 2.36. The maximum Gasteiger partial charge on any atom is 0.196 e. The summed E-state index contributed by atoms with van der Waals surface area (Å²) in [5, 5.41) is 6.98. The van der Waals surface area contributed by atoms with Gasteiger partial charge >= 0.3 is 0 Å². The molecule has 0 fully saturated rings. The molecule has 0 saturated heterocycles. The van der Waals surface area contributed by atoms with Crippen molar-refractivity contribution in [3.05, 3.63) is 40.9 Å². The van der Waals surface area contributed by atoms with Gasteiger partial charge in [-0.3, -0.25) is 0 Å². The van der Waals surface area contributed by atoms with E-state index in [1.165, 1.54) is 0 Å². The van der Waals surface area contributed by atoms with E-state index in [9.17, 15) is 0 Å². The summed E-state index contributed by atoms with van der Waals surface area (Å²) in [5.74, 6) is 3.05. The predicted octanol–water partition coefficient (Wildman–Crippen LogP) is 4.96. The van der Waals surface area contributed by atoms with Crippen molar-refractivity contribution in [1.29, 1.82) is 0 Å². The zero-order valence-electron chi connectivity index (χ0n) is 17.9. The highest BCUT2D eigenvalue weighted by Gasteiger charge is 2.12. The molecule has 2 rings (SSSR count). The summed E-state index contributed by atoms with van der Waals surface area (Å²) in [6, 6.07) is 9.29. The van der Waals surface area contributed by atoms with Gasteiger partial charge in [-0.1, -0.05) is 11.6 Å². The number of rotatable bonds is 9. The fourth-order valence-electron chi connectivity index (χ4n) is 2.68. The van der Waals surface area contributed by atoms with Crippen LogP contribution in [-0.4, -0.2) is 40.4 Å². The van der Waals surface area contributed by atoms with E-state index in [0.717, 1.165) is 11.3 Å². The van der Waals surface area contributed by atoms with E-state index in [1.54, 1.807) is 21.3 Å². The Labute approximate surface area is 200 Å². The van der Waals surface area contributed by atoms with E-state index in [-0.39, 0.29) is 24.0 Å². The lowest BCUT2D eigenvalue weighted by Crippen LogP contribution is -2.30. The molecule has 30 heavy (non-hydrogen) atoms. The van der Waals surface area contributed by atoms with Crippen molar-refractivity contribution in [3.63, 3.8) is 0 Å². The molecule has 0 heterocycles. The van der Waals surface area contributed by atoms with E-state index in [1.807, 2.05) is 44.2 Å². The molecule has 2 aromatic rings. The van der Waals surface area contributed by atoms with Crippen LogP contribution in [-0.2, 0) is 6.54 Å². The van der Waals surface area contributed by atoms with Gasteiger partial charge in [0.25, 0.3) is 0 Å². The number of halogens is 2. The van der Waals surface area contributed by atoms with Gasteiger partial charge in [0, 0.05) is 18.3 Å². The zero-order valence-corrected chi connectivity index (χ0v) is 21.0. The van der Waals surface area contributed by atoms with Crippen molar-refractivity contribution in [3.8, 4) is 23.0 Å². The predicted molar refractivity (Wildman–Crippen MR) is 133 cm³/mol. The molecule has 0 aliphatic carbocycles. The molecule has 0 saturated carbocycles. The number of anilines is 1. The number of benzene rings is 2. The number of nitrogens with zero attached hydrogens (tertiary/aromatic N) is 1. The van der Waals surface area contributed by atoms with Gasteiger partial charge in [-0.15, -0.1) is 24.0 Å². The molecule has 0 radical (unpaired) electrons. The van der Waals surface area contributed by atoms with Gasteiger partial charge in [-0.05, 0) is 43.7 Å². The maximum absolute atomic E-state index is 6.35. The van der Waals surface area contributed by atoms with Crippen LogP contribution in [0, 0.1) is 0 Å². The summed E-state index contributed by atoms with van der Waals surface area (Å²) in [6.07, 6.45) is 0. The molecule has 0 aliphatic heterocycles. The largest absolute Gasteiger partial charge is 0.493 e. The van der Waals surface area contributed by atoms with Gasteiger partial charge in [-0.2, -0.15) is 0 Å². The molecule has 7 nitrogen and oxygen atoms in total. The molecule has 0 spiro atoms. The Morgan fingerprint density at radius 2 is 1.67 bits per heavy atom. The first-order valence-electron chi connectivity index (χ1n) is 9.32. The van der Waals surface area contributed by atoms with Crippen LogP contribution in [0.3, 0.4) is 0 Å². The molecule has 0 aromatic heterocycles. The molecule has 0 aliphatic rings. The lowest BCUT2D eigenvalue weighted by molar-refractivity contribution is 0.311. The standard InChI is InChI=1S/C21H28ClN3O4.HI/c1-6-23-21(25-15-8-9-17(26-3)18(12-15)27-4)24-13-14-10-16(22)20(29-7-2)19(11-14)28-5;/h8-12H,6-7,13H2,1-5H3,(H2,23,24,25);1H. The van der Waals surface area contributed by atoms with Crippen LogP contribution in [0.5, 0.6) is 23.0 Å². The molecule has 0 bridgehead atoms. The first-order valence-corrected chi connectivity index (χ1v) is 9.70. The second kappa shape index (κ2) is 13.3. The zero-order chi connectivity index (χ0) is 21.2. The molecule has 0 atom stereocenters. The second-order valence-electron chi connectivity index (χ2n) is 5.93. The van der Waals surface area contributed by atoms with Gasteiger partial charge < -0.3 is 29.6 Å². The molecule has 2 N–H and O–H groups in total. The third-order valence-corrected chi connectivity index (χ3v) is 4.27. The maximum atomic E-state index is 6.35. The fraction of sp³-hybridized carbons (Fsp3) is 0.381. The SMILES string of the molecule is CCNC(=NCc1cc(Cl)c(OCC)c(OC)c1)Nc1ccc(OC)c(OC)c1.I. The fourth-order valence-corrected chi connectivity index (χ4v) is 2.96. The minimum absolute atomic E-state index is 0. The number of aliphatic imine (C=N–C) groups is 1. The average Bonchev–Trinajstić information content (AvgIpc) is 2.73. The first kappa shape index (κ1) is 26.0. The number of guanidine groups is 1. The van der Waals surface area contributed by atoms with Gasteiger partial charge in [0.2, 0.25) is 0 Å². The number of ether oxygens (including phenoxy) is 4. The van der Waals surface area contributed by atoms with Crippen LogP contribution in [0.25, 0.3) is 0 Å². The lowest BCUT2D eigenvalue weighted by Gasteiger charge is -2.15. The Kier molecular flexibility index (Phi) is 11.5. The van der Waals surface area contributed by atoms with Gasteiger partial charge in [-0.25, -0.2) is 4.99 Å². The highest BCUT2D eigenvalue weighted by molar-refractivity contribution is 14.0. The van der Waals surface area contributed by atoms with E-state index in [2.05, 4.69) is 15.6 Å². The van der Waals surface area contributed by atoms with Crippen molar-refractivity contribution < 1.29 is 18.9 Å². The van der Waals surface area contributed by atoms with Gasteiger partial charge in [0.1, 0.15) is 0 Å². The summed E-state index contributed by atoms with van der Waals surface area (Å²) >= 11 is 6.35. The molecule has 9 heteroatoms. The summed E-state index contributed by atoms with van der Waals surface area (Å²) in [5.41, 5.74) is 1.73. The highest BCUT2D eigenvalue weighted by atomic mass is 127. The van der Waals surface area contributed by atoms with Crippen molar-refractivity contribution in [2.75, 3.05) is 39.8 Å². The van der Waals surface area contributed by atoms with Crippen LogP contribution in [0.4, 0.5) is 5.69 Å². The number of methoxy groups -OCH3 is 3. The van der Waals surface area contributed by atoms with Crippen molar-refractivity contribution in [2.24, 2.45) is 4.99 Å². The Morgan fingerprint density at radius 1 is 0.967 bits per heavy atom. The summed E-state index contributed by atoms with van der Waals surface area (Å²) in [4.78, 5) is 4.64. The van der Waals surface area contributed by atoms with Crippen LogP contribution in [0.1, 0.15) is 19.4 Å². The lowest BCUT2D eigenvalue weighted by atomic mass is 10.2. The van der Waals surface area contributed by atoms with Crippen LogP contribution in [0.2, 0.25) is 5.02 Å². The van der Waals surface area contributed by atoms with E-state index in [0.29, 0.717) is 53.7 Å². The third kappa shape index (κ3) is 7.02. The Bertz CT molecular complexity index is 849. The number of nitrogens with one attached hydrogen (secondary N) is 2. The normalized spacial score (nSPS) is 10.7.